The Balaban J connectivity index is 2.78. The molecule has 0 amide bonds. The fourth-order valence-electron chi connectivity index (χ4n) is 2.40. The minimum atomic E-state index is -1.54. The van der Waals surface area contributed by atoms with Gasteiger partial charge in [0.25, 0.3) is 0 Å². The molecule has 2 atom stereocenters. The third kappa shape index (κ3) is 5.03. The number of hydrogen-bond acceptors (Lipinski definition) is 3. The van der Waals surface area contributed by atoms with Crippen LogP contribution < -0.4 is 0 Å². The van der Waals surface area contributed by atoms with E-state index >= 15 is 0 Å². The Morgan fingerprint density at radius 2 is 2.05 bits per heavy atom. The van der Waals surface area contributed by atoms with Crippen LogP contribution >= 0.6 is 0 Å². The quantitative estimate of drug-likeness (QED) is 0.600. The average Bonchev–Trinajstić information content (AvgIpc) is 2.63. The molecule has 0 aromatic carbocycles. The molecule has 0 unspecified atom stereocenters. The van der Waals surface area contributed by atoms with E-state index in [9.17, 15) is 5.11 Å². The number of aliphatic hydroxyl groups excluding tert-OH is 1. The van der Waals surface area contributed by atoms with Gasteiger partial charge < -0.3 is 14.6 Å². The van der Waals surface area contributed by atoms with Crippen LogP contribution in [0, 0.1) is 0 Å². The molecule has 4 heteroatoms. The highest BCUT2D eigenvalue weighted by Crippen LogP contribution is 2.30. The molecule has 3 nitrogen and oxygen atoms in total. The van der Waals surface area contributed by atoms with Crippen LogP contribution in [0.2, 0.25) is 19.6 Å². The highest BCUT2D eigenvalue weighted by Gasteiger charge is 2.40. The molecule has 1 fully saturated rings. The van der Waals surface area contributed by atoms with Crippen molar-refractivity contribution in [3.05, 3.63) is 11.3 Å². The van der Waals surface area contributed by atoms with Crippen molar-refractivity contribution < 1.29 is 14.6 Å². The molecule has 0 aliphatic carbocycles. The summed E-state index contributed by atoms with van der Waals surface area (Å²) < 4.78 is 11.4. The first-order valence-electron chi connectivity index (χ1n) is 7.38. The van der Waals surface area contributed by atoms with Crippen LogP contribution in [0.3, 0.4) is 0 Å². The van der Waals surface area contributed by atoms with Gasteiger partial charge in [0.05, 0.1) is 14.7 Å². The number of aliphatic hydroxyl groups is 1. The monoisotopic (exact) mass is 286 g/mol. The van der Waals surface area contributed by atoms with Crippen molar-refractivity contribution in [2.45, 2.75) is 77.7 Å². The summed E-state index contributed by atoms with van der Waals surface area (Å²) in [6.07, 6.45) is 4.90. The van der Waals surface area contributed by atoms with Gasteiger partial charge >= 0.3 is 0 Å². The molecule has 19 heavy (non-hydrogen) atoms. The van der Waals surface area contributed by atoms with Crippen LogP contribution in [0.15, 0.2) is 11.3 Å². The lowest BCUT2D eigenvalue weighted by atomic mass is 10.1. The van der Waals surface area contributed by atoms with Crippen molar-refractivity contribution in [3.63, 3.8) is 0 Å². The van der Waals surface area contributed by atoms with Crippen molar-refractivity contribution in [3.8, 4) is 0 Å². The van der Waals surface area contributed by atoms with E-state index in [1.165, 1.54) is 18.0 Å². The Morgan fingerprint density at radius 3 is 2.47 bits per heavy atom. The second kappa shape index (κ2) is 6.53. The molecule has 1 rings (SSSR count). The fraction of sp³-hybridized carbons (Fsp3) is 0.867. The summed E-state index contributed by atoms with van der Waals surface area (Å²) in [6, 6.07) is 0. The number of ether oxygens (including phenoxy) is 2. The molecule has 1 aliphatic rings. The lowest BCUT2D eigenvalue weighted by Gasteiger charge is -2.29. The van der Waals surface area contributed by atoms with E-state index in [0.717, 1.165) is 6.42 Å². The Morgan fingerprint density at radius 1 is 1.42 bits per heavy atom. The number of hydrogen-bond donors (Lipinski definition) is 1. The summed E-state index contributed by atoms with van der Waals surface area (Å²) in [5, 5.41) is 11.8. The molecule has 1 N–H and O–H groups in total. The van der Waals surface area contributed by atoms with Gasteiger partial charge in [0.2, 0.25) is 0 Å². The van der Waals surface area contributed by atoms with Crippen molar-refractivity contribution in [1.29, 1.82) is 0 Å². The van der Waals surface area contributed by atoms with Crippen LogP contribution in [0.4, 0.5) is 0 Å². The molecular formula is C15H30O3Si. The minimum Gasteiger partial charge on any atom is -0.386 e. The first kappa shape index (κ1) is 16.9. The summed E-state index contributed by atoms with van der Waals surface area (Å²) in [5.74, 6) is -0.570. The zero-order chi connectivity index (χ0) is 14.7. The van der Waals surface area contributed by atoms with Crippen LogP contribution in [-0.4, -0.2) is 37.8 Å². The Labute approximate surface area is 119 Å². The summed E-state index contributed by atoms with van der Waals surface area (Å²) in [6.45, 7) is 13.3. The summed E-state index contributed by atoms with van der Waals surface area (Å²) in [5.41, 5.74) is 0. The summed E-state index contributed by atoms with van der Waals surface area (Å²) in [7, 11) is -1.54. The van der Waals surface area contributed by atoms with Gasteiger partial charge in [-0.2, -0.15) is 0 Å². The Kier molecular flexibility index (Phi) is 5.80. The highest BCUT2D eigenvalue weighted by atomic mass is 28.3. The largest absolute Gasteiger partial charge is 0.386 e. The maximum absolute atomic E-state index is 10.6. The zero-order valence-corrected chi connectivity index (χ0v) is 14.3. The van der Waals surface area contributed by atoms with Crippen LogP contribution in [0.1, 0.15) is 40.0 Å². The maximum atomic E-state index is 10.6. The third-order valence-corrected chi connectivity index (χ3v) is 5.72. The molecule has 0 aromatic rings. The van der Waals surface area contributed by atoms with Crippen molar-refractivity contribution in [2.75, 3.05) is 6.61 Å². The summed E-state index contributed by atoms with van der Waals surface area (Å²) >= 11 is 0. The first-order valence-corrected chi connectivity index (χ1v) is 10.9. The zero-order valence-electron chi connectivity index (χ0n) is 13.3. The van der Waals surface area contributed by atoms with Crippen molar-refractivity contribution >= 4 is 8.07 Å². The van der Waals surface area contributed by atoms with Gasteiger partial charge in [-0.25, -0.2) is 0 Å². The van der Waals surface area contributed by atoms with E-state index in [4.69, 9.17) is 9.47 Å². The molecule has 0 saturated carbocycles. The second-order valence-electron chi connectivity index (χ2n) is 6.86. The van der Waals surface area contributed by atoms with E-state index in [1.54, 1.807) is 0 Å². The van der Waals surface area contributed by atoms with Gasteiger partial charge in [0, 0.05) is 0 Å². The number of unbranched alkanes of at least 4 members (excludes halogenated alkanes) is 2. The Bertz CT molecular complexity index is 318. The molecule has 0 aromatic heterocycles. The van der Waals surface area contributed by atoms with Gasteiger partial charge in [0.1, 0.15) is 12.2 Å². The average molecular weight is 286 g/mol. The number of allylic oxidation sites excluding steroid dienone is 1. The normalized spacial score (nSPS) is 25.6. The van der Waals surface area contributed by atoms with Gasteiger partial charge in [-0.15, -0.1) is 0 Å². The smallest absolute Gasteiger partial charge is 0.163 e. The van der Waals surface area contributed by atoms with Crippen molar-refractivity contribution in [1.82, 2.24) is 0 Å². The predicted octanol–water partition coefficient (Wildman–Crippen LogP) is 3.49. The van der Waals surface area contributed by atoms with Gasteiger partial charge in [-0.05, 0) is 20.3 Å². The van der Waals surface area contributed by atoms with E-state index in [2.05, 4.69) is 32.6 Å². The second-order valence-corrected chi connectivity index (χ2v) is 11.9. The maximum Gasteiger partial charge on any atom is 0.163 e. The van der Waals surface area contributed by atoms with Crippen LogP contribution in [-0.2, 0) is 9.47 Å². The lowest BCUT2D eigenvalue weighted by Crippen LogP contribution is -2.40. The van der Waals surface area contributed by atoms with Crippen LogP contribution in [0.25, 0.3) is 0 Å². The fourth-order valence-corrected chi connectivity index (χ4v) is 4.23. The molecule has 0 radical (unpaired) electrons. The SMILES string of the molecule is CCCC/C=C(\[C@@H](O)[C@H]1COC(C)(C)O1)[Si](C)(C)C. The molecule has 1 heterocycles. The molecule has 1 aliphatic heterocycles. The highest BCUT2D eigenvalue weighted by molar-refractivity contribution is 6.83. The lowest BCUT2D eigenvalue weighted by molar-refractivity contribution is -0.147. The first-order chi connectivity index (χ1) is 8.67. The Hall–Kier alpha value is -0.163. The summed E-state index contributed by atoms with van der Waals surface area (Å²) in [4.78, 5) is 0. The third-order valence-electron chi connectivity index (χ3n) is 3.49. The van der Waals surface area contributed by atoms with Crippen LogP contribution in [0.5, 0.6) is 0 Å². The van der Waals surface area contributed by atoms with Gasteiger partial charge in [-0.1, -0.05) is 50.7 Å². The topological polar surface area (TPSA) is 38.7 Å². The molecule has 0 bridgehead atoms. The molecule has 112 valence electrons. The minimum absolute atomic E-state index is 0.227. The standard InChI is InChI=1S/C15H30O3Si/c1-7-8-9-10-13(19(4,5)6)14(16)12-11-17-15(2,3)18-12/h10,12,14,16H,7-9,11H2,1-6H3/b13-10+/t12-,14+/m1/s1. The van der Waals surface area contributed by atoms with E-state index in [1.807, 2.05) is 13.8 Å². The molecular weight excluding hydrogens is 256 g/mol. The van der Waals surface area contributed by atoms with E-state index in [-0.39, 0.29) is 6.10 Å². The van der Waals surface area contributed by atoms with E-state index < -0.39 is 20.0 Å². The molecule has 1 saturated heterocycles. The number of rotatable bonds is 6. The van der Waals surface area contributed by atoms with Gasteiger partial charge in [0.15, 0.2) is 5.79 Å². The van der Waals surface area contributed by atoms with E-state index in [0.29, 0.717) is 6.61 Å². The van der Waals surface area contributed by atoms with Gasteiger partial charge in [-0.3, -0.25) is 0 Å². The molecule has 0 spiro atoms. The predicted molar refractivity (Wildman–Crippen MR) is 81.9 cm³/mol. The van der Waals surface area contributed by atoms with Crippen molar-refractivity contribution in [2.24, 2.45) is 0 Å².